The molecule has 0 aromatic heterocycles. The number of cyclic esters (lactones) is 1. The number of benzene rings is 1. The molecule has 0 aliphatic carbocycles. The van der Waals surface area contributed by atoms with E-state index in [2.05, 4.69) is 5.32 Å². The summed E-state index contributed by atoms with van der Waals surface area (Å²) in [5.41, 5.74) is 0.00306. The van der Waals surface area contributed by atoms with E-state index in [1.54, 1.807) is 13.8 Å². The van der Waals surface area contributed by atoms with Crippen LogP contribution >= 0.6 is 0 Å². The monoisotopic (exact) mass is 233 g/mol. The first-order valence-corrected chi connectivity index (χ1v) is 5.57. The molecule has 1 aromatic carbocycles. The third kappa shape index (κ3) is 2.46. The molecule has 1 amide bonds. The highest BCUT2D eigenvalue weighted by Gasteiger charge is 2.46. The Hall–Kier alpha value is -1.84. The van der Waals surface area contributed by atoms with Gasteiger partial charge in [0.15, 0.2) is 0 Å². The molecule has 0 saturated carbocycles. The topological polar surface area (TPSA) is 55.4 Å². The molecule has 2 rings (SSSR count). The minimum Gasteiger partial charge on any atom is -0.459 e. The van der Waals surface area contributed by atoms with Crippen LogP contribution < -0.4 is 5.32 Å². The molecule has 4 heteroatoms. The van der Waals surface area contributed by atoms with Gasteiger partial charge >= 0.3 is 5.97 Å². The van der Waals surface area contributed by atoms with Gasteiger partial charge in [-0.3, -0.25) is 9.59 Å². The summed E-state index contributed by atoms with van der Waals surface area (Å²) >= 11 is 0. The highest BCUT2D eigenvalue weighted by molar-refractivity contribution is 5.96. The standard InChI is InChI=1S/C13H15NO3/c1-13(2)10(8-11(15)17-13)12(16)14-9-6-4-3-5-7-9/h3-7,10H,8H2,1-2H3,(H,14,16)/t10-/m0/s1. The number of anilines is 1. The average Bonchev–Trinajstić information content (AvgIpc) is 2.53. The Morgan fingerprint density at radius 2 is 2.00 bits per heavy atom. The average molecular weight is 233 g/mol. The number of amides is 1. The van der Waals surface area contributed by atoms with Crippen LogP contribution in [0.3, 0.4) is 0 Å². The minimum atomic E-state index is -0.726. The molecular weight excluding hydrogens is 218 g/mol. The maximum Gasteiger partial charge on any atom is 0.307 e. The molecule has 0 radical (unpaired) electrons. The number of carbonyl (C=O) groups excluding carboxylic acids is 2. The van der Waals surface area contributed by atoms with Gasteiger partial charge in [-0.15, -0.1) is 0 Å². The van der Waals surface area contributed by atoms with E-state index in [0.717, 1.165) is 5.69 Å². The molecule has 17 heavy (non-hydrogen) atoms. The lowest BCUT2D eigenvalue weighted by Crippen LogP contribution is -2.36. The molecule has 1 saturated heterocycles. The van der Waals surface area contributed by atoms with Crippen molar-refractivity contribution in [3.63, 3.8) is 0 Å². The third-order valence-corrected chi connectivity index (χ3v) is 2.94. The number of para-hydroxylation sites is 1. The van der Waals surface area contributed by atoms with Crippen LogP contribution in [0.2, 0.25) is 0 Å². The van der Waals surface area contributed by atoms with Crippen LogP contribution in [0.25, 0.3) is 0 Å². The molecule has 0 bridgehead atoms. The summed E-state index contributed by atoms with van der Waals surface area (Å²) in [7, 11) is 0. The van der Waals surface area contributed by atoms with Crippen molar-refractivity contribution in [2.75, 3.05) is 5.32 Å². The van der Waals surface area contributed by atoms with Gasteiger partial charge in [-0.05, 0) is 26.0 Å². The highest BCUT2D eigenvalue weighted by atomic mass is 16.6. The predicted octanol–water partition coefficient (Wildman–Crippen LogP) is 1.97. The maximum absolute atomic E-state index is 12.0. The van der Waals surface area contributed by atoms with E-state index in [0.29, 0.717) is 0 Å². The number of hydrogen-bond acceptors (Lipinski definition) is 3. The molecule has 4 nitrogen and oxygen atoms in total. The molecule has 1 atom stereocenters. The lowest BCUT2D eigenvalue weighted by molar-refractivity contribution is -0.147. The number of hydrogen-bond donors (Lipinski definition) is 1. The van der Waals surface area contributed by atoms with Gasteiger partial charge in [-0.25, -0.2) is 0 Å². The molecule has 1 N–H and O–H groups in total. The van der Waals surface area contributed by atoms with Gasteiger partial charge in [0, 0.05) is 5.69 Å². The van der Waals surface area contributed by atoms with Crippen LogP contribution in [0.4, 0.5) is 5.69 Å². The van der Waals surface area contributed by atoms with E-state index in [9.17, 15) is 9.59 Å². The van der Waals surface area contributed by atoms with Gasteiger partial charge in [0.25, 0.3) is 0 Å². The summed E-state index contributed by atoms with van der Waals surface area (Å²) in [6, 6.07) is 9.18. The van der Waals surface area contributed by atoms with Gasteiger partial charge in [0.05, 0.1) is 12.3 Å². The largest absolute Gasteiger partial charge is 0.459 e. The van der Waals surface area contributed by atoms with Crippen LogP contribution in [-0.2, 0) is 14.3 Å². The zero-order chi connectivity index (χ0) is 12.5. The highest BCUT2D eigenvalue weighted by Crippen LogP contribution is 2.33. The second-order valence-corrected chi connectivity index (χ2v) is 4.69. The van der Waals surface area contributed by atoms with Gasteiger partial charge in [0.2, 0.25) is 5.91 Å². The number of rotatable bonds is 2. The lowest BCUT2D eigenvalue weighted by Gasteiger charge is -2.23. The first-order valence-electron chi connectivity index (χ1n) is 5.57. The van der Waals surface area contributed by atoms with Crippen LogP contribution in [0, 0.1) is 5.92 Å². The molecule has 1 aromatic rings. The van der Waals surface area contributed by atoms with Gasteiger partial charge in [0.1, 0.15) is 5.60 Å². The Morgan fingerprint density at radius 1 is 1.35 bits per heavy atom. The number of esters is 1. The van der Waals surface area contributed by atoms with E-state index in [1.807, 2.05) is 30.3 Å². The van der Waals surface area contributed by atoms with Crippen LogP contribution in [-0.4, -0.2) is 17.5 Å². The Morgan fingerprint density at radius 3 is 2.53 bits per heavy atom. The van der Waals surface area contributed by atoms with E-state index >= 15 is 0 Å². The van der Waals surface area contributed by atoms with Crippen molar-refractivity contribution in [1.82, 2.24) is 0 Å². The zero-order valence-corrected chi connectivity index (χ0v) is 9.90. The van der Waals surface area contributed by atoms with Crippen molar-refractivity contribution >= 4 is 17.6 Å². The zero-order valence-electron chi connectivity index (χ0n) is 9.90. The Labute approximate surface area is 100.0 Å². The summed E-state index contributed by atoms with van der Waals surface area (Å²) in [6.07, 6.45) is 0.145. The third-order valence-electron chi connectivity index (χ3n) is 2.94. The second kappa shape index (κ2) is 4.20. The van der Waals surface area contributed by atoms with Crippen molar-refractivity contribution in [3.8, 4) is 0 Å². The van der Waals surface area contributed by atoms with Gasteiger partial charge in [-0.1, -0.05) is 18.2 Å². The smallest absolute Gasteiger partial charge is 0.307 e. The predicted molar refractivity (Wildman–Crippen MR) is 63.3 cm³/mol. The van der Waals surface area contributed by atoms with E-state index in [-0.39, 0.29) is 18.3 Å². The summed E-state index contributed by atoms with van der Waals surface area (Å²) in [5.74, 6) is -0.925. The fourth-order valence-corrected chi connectivity index (χ4v) is 1.98. The van der Waals surface area contributed by atoms with Crippen molar-refractivity contribution in [3.05, 3.63) is 30.3 Å². The first kappa shape index (κ1) is 11.6. The fourth-order valence-electron chi connectivity index (χ4n) is 1.98. The molecule has 0 unspecified atom stereocenters. The van der Waals surface area contributed by atoms with Gasteiger partial charge in [-0.2, -0.15) is 0 Å². The summed E-state index contributed by atoms with van der Waals surface area (Å²) < 4.78 is 5.12. The van der Waals surface area contributed by atoms with E-state index < -0.39 is 11.5 Å². The fraction of sp³-hybridized carbons (Fsp3) is 0.385. The van der Waals surface area contributed by atoms with Crippen molar-refractivity contribution in [2.24, 2.45) is 5.92 Å². The van der Waals surface area contributed by atoms with Crippen molar-refractivity contribution < 1.29 is 14.3 Å². The van der Waals surface area contributed by atoms with Crippen LogP contribution in [0.15, 0.2) is 30.3 Å². The molecule has 90 valence electrons. The normalized spacial score (nSPS) is 22.0. The second-order valence-electron chi connectivity index (χ2n) is 4.69. The molecule has 1 fully saturated rings. The molecule has 0 spiro atoms. The first-order chi connectivity index (χ1) is 7.99. The maximum atomic E-state index is 12.0. The summed E-state index contributed by atoms with van der Waals surface area (Å²) in [6.45, 7) is 3.51. The van der Waals surface area contributed by atoms with E-state index in [1.165, 1.54) is 0 Å². The Balaban J connectivity index is 2.09. The van der Waals surface area contributed by atoms with Crippen molar-refractivity contribution in [2.45, 2.75) is 25.9 Å². The number of ether oxygens (including phenoxy) is 1. The molecule has 1 heterocycles. The summed E-state index contributed by atoms with van der Waals surface area (Å²) in [4.78, 5) is 23.3. The van der Waals surface area contributed by atoms with Crippen LogP contribution in [0.1, 0.15) is 20.3 Å². The minimum absolute atomic E-state index is 0.145. The molecule has 1 aliphatic rings. The molecule has 1 aliphatic heterocycles. The Bertz CT molecular complexity index is 439. The number of carbonyl (C=O) groups is 2. The molecular formula is C13H15NO3. The van der Waals surface area contributed by atoms with Gasteiger partial charge < -0.3 is 10.1 Å². The lowest BCUT2D eigenvalue weighted by atomic mass is 9.90. The van der Waals surface area contributed by atoms with Crippen LogP contribution in [0.5, 0.6) is 0 Å². The van der Waals surface area contributed by atoms with E-state index in [4.69, 9.17) is 4.74 Å². The Kier molecular flexibility index (Phi) is 2.88. The quantitative estimate of drug-likeness (QED) is 0.794. The number of nitrogens with one attached hydrogen (secondary N) is 1. The van der Waals surface area contributed by atoms with Crippen molar-refractivity contribution in [1.29, 1.82) is 0 Å². The summed E-state index contributed by atoms with van der Waals surface area (Å²) in [5, 5.41) is 2.79. The SMILES string of the molecule is CC1(C)OC(=O)C[C@H]1C(=O)Nc1ccccc1.